The van der Waals surface area contributed by atoms with Crippen molar-refractivity contribution in [2.45, 2.75) is 46.7 Å². The molecule has 0 aliphatic carbocycles. The molecular weight excluding hydrogens is 398 g/mol. The molecule has 156 valence electrons. The number of hydrogen-bond donors (Lipinski definition) is 2. The number of hydrogen-bond acceptors (Lipinski definition) is 6. The van der Waals surface area contributed by atoms with Gasteiger partial charge >= 0.3 is 0 Å². The van der Waals surface area contributed by atoms with Gasteiger partial charge in [0.05, 0.1) is 29.6 Å². The van der Waals surface area contributed by atoms with E-state index in [1.165, 1.54) is 11.3 Å². The molecule has 0 saturated carbocycles. The number of aryl methyl sites for hydroxylation is 1. The van der Waals surface area contributed by atoms with Crippen LogP contribution in [0.5, 0.6) is 0 Å². The van der Waals surface area contributed by atoms with E-state index in [1.54, 1.807) is 18.2 Å². The molecule has 0 radical (unpaired) electrons. The van der Waals surface area contributed by atoms with Gasteiger partial charge in [0.25, 0.3) is 5.56 Å². The number of carbonyl (C=O) groups excluding carboxylic acids is 1. The lowest BCUT2D eigenvalue weighted by molar-refractivity contribution is -0.118. The molecule has 2 N–H and O–H groups in total. The van der Waals surface area contributed by atoms with Crippen LogP contribution in [-0.2, 0) is 11.3 Å². The highest BCUT2D eigenvalue weighted by Crippen LogP contribution is 2.31. The molecular formula is C22H25N5O2S. The summed E-state index contributed by atoms with van der Waals surface area (Å²) in [6, 6.07) is 9.47. The molecule has 0 spiro atoms. The monoisotopic (exact) mass is 423 g/mol. The molecule has 0 aliphatic rings. The van der Waals surface area contributed by atoms with Crippen LogP contribution in [0, 0.1) is 25.2 Å². The van der Waals surface area contributed by atoms with Crippen molar-refractivity contribution in [3.05, 3.63) is 56.4 Å². The Morgan fingerprint density at radius 1 is 1.37 bits per heavy atom. The van der Waals surface area contributed by atoms with Gasteiger partial charge in [0, 0.05) is 10.9 Å². The molecule has 3 aromatic rings. The zero-order chi connectivity index (χ0) is 21.8. The van der Waals surface area contributed by atoms with E-state index in [9.17, 15) is 14.9 Å². The Morgan fingerprint density at radius 3 is 2.80 bits per heavy atom. The van der Waals surface area contributed by atoms with E-state index in [0.29, 0.717) is 33.8 Å². The summed E-state index contributed by atoms with van der Waals surface area (Å²) in [6.07, 6.45) is 0.839. The molecule has 1 atom stereocenters. The second kappa shape index (κ2) is 9.20. The fourth-order valence-corrected chi connectivity index (χ4v) is 4.26. The lowest BCUT2D eigenvalue weighted by Gasteiger charge is -2.27. The number of rotatable bonds is 7. The predicted octanol–water partition coefficient (Wildman–Crippen LogP) is 3.71. The number of carbonyl (C=O) groups is 1. The van der Waals surface area contributed by atoms with Gasteiger partial charge in [0.2, 0.25) is 5.91 Å². The number of nitrogens with zero attached hydrogens (tertiary/aromatic N) is 3. The van der Waals surface area contributed by atoms with Crippen LogP contribution in [0.1, 0.15) is 42.1 Å². The van der Waals surface area contributed by atoms with Crippen molar-refractivity contribution in [1.29, 1.82) is 5.26 Å². The van der Waals surface area contributed by atoms with Gasteiger partial charge in [-0.3, -0.25) is 14.5 Å². The number of thiophene rings is 1. The quantitative estimate of drug-likeness (QED) is 0.603. The first kappa shape index (κ1) is 21.7. The maximum absolute atomic E-state index is 12.8. The number of nitriles is 1. The molecule has 2 aromatic heterocycles. The number of aromatic nitrogens is 2. The Labute approximate surface area is 179 Å². The standard InChI is InChI=1S/C22H25N5O2S/c1-5-13(2)27(11-19-24-18-9-7-6-8-16(18)21(29)25-19)12-20(28)26-22-17(10-23)14(3)15(4)30-22/h6-9,13H,5,11-12H2,1-4H3,(H,26,28)(H,24,25,29). The Hall–Kier alpha value is -3.02. The summed E-state index contributed by atoms with van der Waals surface area (Å²) in [6.45, 7) is 8.37. The van der Waals surface area contributed by atoms with E-state index in [1.807, 2.05) is 38.7 Å². The highest BCUT2D eigenvalue weighted by atomic mass is 32.1. The Bertz CT molecular complexity index is 1170. The Kier molecular flexibility index (Phi) is 6.65. The van der Waals surface area contributed by atoms with Gasteiger partial charge in [-0.15, -0.1) is 11.3 Å². The molecule has 8 heteroatoms. The van der Waals surface area contributed by atoms with Gasteiger partial charge in [0.1, 0.15) is 16.9 Å². The van der Waals surface area contributed by atoms with Gasteiger partial charge in [0.15, 0.2) is 0 Å². The summed E-state index contributed by atoms with van der Waals surface area (Å²) in [7, 11) is 0. The van der Waals surface area contributed by atoms with Crippen LogP contribution < -0.4 is 10.9 Å². The fourth-order valence-electron chi connectivity index (χ4n) is 3.23. The maximum atomic E-state index is 12.8. The first-order chi connectivity index (χ1) is 14.3. The van der Waals surface area contributed by atoms with Crippen LogP contribution >= 0.6 is 11.3 Å². The number of aromatic amines is 1. The molecule has 0 saturated heterocycles. The predicted molar refractivity (Wildman–Crippen MR) is 120 cm³/mol. The minimum atomic E-state index is -0.198. The highest BCUT2D eigenvalue weighted by molar-refractivity contribution is 7.16. The van der Waals surface area contributed by atoms with Crippen molar-refractivity contribution in [1.82, 2.24) is 14.9 Å². The summed E-state index contributed by atoms with van der Waals surface area (Å²) in [5, 5.41) is 13.4. The zero-order valence-corrected chi connectivity index (χ0v) is 18.4. The van der Waals surface area contributed by atoms with Crippen molar-refractivity contribution in [3.63, 3.8) is 0 Å². The van der Waals surface area contributed by atoms with Crippen molar-refractivity contribution < 1.29 is 4.79 Å². The van der Waals surface area contributed by atoms with Crippen molar-refractivity contribution in [2.75, 3.05) is 11.9 Å². The van der Waals surface area contributed by atoms with Crippen molar-refractivity contribution in [3.8, 4) is 6.07 Å². The van der Waals surface area contributed by atoms with Gasteiger partial charge in [-0.2, -0.15) is 5.26 Å². The lowest BCUT2D eigenvalue weighted by Crippen LogP contribution is -2.39. The fraction of sp³-hybridized carbons (Fsp3) is 0.364. The average molecular weight is 424 g/mol. The van der Waals surface area contributed by atoms with Crippen molar-refractivity contribution in [2.24, 2.45) is 0 Å². The van der Waals surface area contributed by atoms with Gasteiger partial charge in [-0.1, -0.05) is 19.1 Å². The molecule has 3 rings (SSSR count). The molecule has 1 unspecified atom stereocenters. The number of fused-ring (bicyclic) bond motifs is 1. The first-order valence-electron chi connectivity index (χ1n) is 9.86. The van der Waals surface area contributed by atoms with Crippen molar-refractivity contribution >= 4 is 33.1 Å². The van der Waals surface area contributed by atoms with Gasteiger partial charge in [-0.25, -0.2) is 4.98 Å². The van der Waals surface area contributed by atoms with E-state index in [4.69, 9.17) is 0 Å². The minimum Gasteiger partial charge on any atom is -0.315 e. The van der Waals surface area contributed by atoms with E-state index in [2.05, 4.69) is 21.4 Å². The maximum Gasteiger partial charge on any atom is 0.258 e. The SMILES string of the molecule is CCC(C)N(CC(=O)Nc1sc(C)c(C)c1C#N)Cc1nc2ccccc2c(=O)[nH]1. The third kappa shape index (κ3) is 4.58. The van der Waals surface area contributed by atoms with Crippen LogP contribution in [0.2, 0.25) is 0 Å². The Balaban J connectivity index is 1.80. The Morgan fingerprint density at radius 2 is 2.10 bits per heavy atom. The lowest BCUT2D eigenvalue weighted by atomic mass is 10.2. The summed E-state index contributed by atoms with van der Waals surface area (Å²) in [5.41, 5.74) is 1.86. The minimum absolute atomic E-state index is 0.106. The van der Waals surface area contributed by atoms with Crippen LogP contribution in [0.4, 0.5) is 5.00 Å². The zero-order valence-electron chi connectivity index (χ0n) is 17.6. The number of para-hydroxylation sites is 1. The number of anilines is 1. The summed E-state index contributed by atoms with van der Waals surface area (Å²) >= 11 is 1.41. The number of benzene rings is 1. The first-order valence-corrected chi connectivity index (χ1v) is 10.7. The molecule has 7 nitrogen and oxygen atoms in total. The van der Waals surface area contributed by atoms with Crippen LogP contribution in [0.3, 0.4) is 0 Å². The number of amides is 1. The molecule has 0 fully saturated rings. The molecule has 0 bridgehead atoms. The second-order valence-corrected chi connectivity index (χ2v) is 8.56. The summed E-state index contributed by atoms with van der Waals surface area (Å²) in [5.74, 6) is 0.323. The average Bonchev–Trinajstić information content (AvgIpc) is 2.99. The van der Waals surface area contributed by atoms with E-state index in [-0.39, 0.29) is 24.1 Å². The third-order valence-corrected chi connectivity index (χ3v) is 6.45. The summed E-state index contributed by atoms with van der Waals surface area (Å²) < 4.78 is 0. The van der Waals surface area contributed by atoms with E-state index >= 15 is 0 Å². The normalized spacial score (nSPS) is 12.1. The van der Waals surface area contributed by atoms with E-state index < -0.39 is 0 Å². The van der Waals surface area contributed by atoms with E-state index in [0.717, 1.165) is 16.9 Å². The molecule has 2 heterocycles. The molecule has 1 aromatic carbocycles. The molecule has 30 heavy (non-hydrogen) atoms. The largest absolute Gasteiger partial charge is 0.315 e. The number of nitrogens with one attached hydrogen (secondary N) is 2. The third-order valence-electron chi connectivity index (χ3n) is 5.33. The summed E-state index contributed by atoms with van der Waals surface area (Å²) in [4.78, 5) is 35.5. The van der Waals surface area contributed by atoms with Crippen LogP contribution in [0.25, 0.3) is 10.9 Å². The van der Waals surface area contributed by atoms with Gasteiger partial charge < -0.3 is 10.3 Å². The smallest absolute Gasteiger partial charge is 0.258 e. The topological polar surface area (TPSA) is 102 Å². The molecule has 0 aliphatic heterocycles. The second-order valence-electron chi connectivity index (χ2n) is 7.34. The highest BCUT2D eigenvalue weighted by Gasteiger charge is 2.20. The van der Waals surface area contributed by atoms with Gasteiger partial charge in [-0.05, 0) is 44.9 Å². The van der Waals surface area contributed by atoms with Crippen LogP contribution in [-0.4, -0.2) is 33.4 Å². The van der Waals surface area contributed by atoms with Crippen LogP contribution in [0.15, 0.2) is 29.1 Å². The molecule has 1 amide bonds. The number of H-pyrrole nitrogens is 1.